The minimum absolute atomic E-state index is 0.518. The Labute approximate surface area is 88.4 Å². The first-order valence-corrected chi connectivity index (χ1v) is 4.83. The smallest absolute Gasteiger partial charge is 0.181 e. The van der Waals surface area contributed by atoms with Gasteiger partial charge in [-0.1, -0.05) is 24.3 Å². The summed E-state index contributed by atoms with van der Waals surface area (Å²) in [7, 11) is 0. The van der Waals surface area contributed by atoms with E-state index in [1.54, 1.807) is 0 Å². The van der Waals surface area contributed by atoms with Crippen molar-refractivity contribution in [3.05, 3.63) is 53.2 Å². The summed E-state index contributed by atoms with van der Waals surface area (Å²) in [5.74, 6) is 0.518. The maximum atomic E-state index is 10.1. The Morgan fingerprint density at radius 3 is 2.60 bits per heavy atom. The van der Waals surface area contributed by atoms with Gasteiger partial charge in [-0.3, -0.25) is 0 Å². The van der Waals surface area contributed by atoms with Crippen molar-refractivity contribution in [2.45, 2.75) is 20.0 Å². The fourth-order valence-corrected chi connectivity index (χ4v) is 1.61. The van der Waals surface area contributed by atoms with Crippen molar-refractivity contribution in [1.29, 1.82) is 0 Å². The van der Waals surface area contributed by atoms with Crippen molar-refractivity contribution >= 4 is 0 Å². The molecule has 1 unspecified atom stereocenters. The van der Waals surface area contributed by atoms with Gasteiger partial charge in [0.2, 0.25) is 0 Å². The number of hydrogen-bond acceptors (Lipinski definition) is 3. The van der Waals surface area contributed by atoms with Gasteiger partial charge in [0, 0.05) is 0 Å². The van der Waals surface area contributed by atoms with E-state index in [1.165, 1.54) is 6.39 Å². The van der Waals surface area contributed by atoms with Crippen LogP contribution in [0.4, 0.5) is 0 Å². The van der Waals surface area contributed by atoms with E-state index < -0.39 is 6.10 Å². The summed E-state index contributed by atoms with van der Waals surface area (Å²) in [5, 5.41) is 10.1. The first-order valence-electron chi connectivity index (χ1n) is 4.83. The highest BCUT2D eigenvalue weighted by Crippen LogP contribution is 2.26. The standard InChI is InChI=1S/C12H13NO2/c1-8-5-3-4-6-10(8)11(14)12-9(2)13-7-15-12/h3-7,11,14H,1-2H3. The number of aromatic nitrogens is 1. The molecule has 0 spiro atoms. The van der Waals surface area contributed by atoms with Gasteiger partial charge < -0.3 is 9.52 Å². The maximum absolute atomic E-state index is 10.1. The van der Waals surface area contributed by atoms with E-state index in [0.717, 1.165) is 16.8 Å². The van der Waals surface area contributed by atoms with Gasteiger partial charge in [0.25, 0.3) is 0 Å². The molecule has 0 aliphatic carbocycles. The molecule has 3 heteroatoms. The molecule has 1 atom stereocenters. The minimum Gasteiger partial charge on any atom is -0.445 e. The molecule has 0 aliphatic rings. The summed E-state index contributed by atoms with van der Waals surface area (Å²) in [5.41, 5.74) is 2.63. The second kappa shape index (κ2) is 3.87. The SMILES string of the molecule is Cc1ccccc1C(O)c1ocnc1C. The van der Waals surface area contributed by atoms with Crippen molar-refractivity contribution in [3.63, 3.8) is 0 Å². The van der Waals surface area contributed by atoms with Crippen molar-refractivity contribution in [2.75, 3.05) is 0 Å². The highest BCUT2D eigenvalue weighted by atomic mass is 16.4. The minimum atomic E-state index is -0.728. The van der Waals surface area contributed by atoms with Crippen LogP contribution < -0.4 is 0 Å². The zero-order valence-electron chi connectivity index (χ0n) is 8.77. The van der Waals surface area contributed by atoms with Gasteiger partial charge >= 0.3 is 0 Å². The molecule has 2 aromatic rings. The van der Waals surface area contributed by atoms with Crippen LogP contribution in [-0.4, -0.2) is 10.1 Å². The van der Waals surface area contributed by atoms with Crippen LogP contribution in [0.25, 0.3) is 0 Å². The molecule has 0 aliphatic heterocycles. The van der Waals surface area contributed by atoms with Gasteiger partial charge in [-0.15, -0.1) is 0 Å². The number of oxazole rings is 1. The van der Waals surface area contributed by atoms with Crippen molar-refractivity contribution < 1.29 is 9.52 Å². The van der Waals surface area contributed by atoms with E-state index >= 15 is 0 Å². The third-order valence-electron chi connectivity index (χ3n) is 2.51. The lowest BCUT2D eigenvalue weighted by molar-refractivity contribution is 0.187. The molecule has 15 heavy (non-hydrogen) atoms. The fourth-order valence-electron chi connectivity index (χ4n) is 1.61. The molecule has 0 saturated heterocycles. The molecule has 1 aromatic carbocycles. The van der Waals surface area contributed by atoms with Gasteiger partial charge in [-0.25, -0.2) is 4.98 Å². The van der Waals surface area contributed by atoms with Gasteiger partial charge in [-0.05, 0) is 25.0 Å². The van der Waals surface area contributed by atoms with Crippen LogP contribution in [0.3, 0.4) is 0 Å². The Morgan fingerprint density at radius 1 is 1.27 bits per heavy atom. The van der Waals surface area contributed by atoms with E-state index in [4.69, 9.17) is 4.42 Å². The zero-order valence-corrected chi connectivity index (χ0v) is 8.77. The highest BCUT2D eigenvalue weighted by molar-refractivity contribution is 5.32. The van der Waals surface area contributed by atoms with E-state index in [-0.39, 0.29) is 0 Å². The van der Waals surface area contributed by atoms with Gasteiger partial charge in [-0.2, -0.15) is 0 Å². The van der Waals surface area contributed by atoms with Gasteiger partial charge in [0.15, 0.2) is 12.2 Å². The summed E-state index contributed by atoms with van der Waals surface area (Å²) in [4.78, 5) is 3.97. The average Bonchev–Trinajstić information content (AvgIpc) is 2.64. The molecule has 0 amide bonds. The van der Waals surface area contributed by atoms with Crippen LogP contribution in [0.1, 0.15) is 28.7 Å². The third kappa shape index (κ3) is 1.78. The molecule has 0 radical (unpaired) electrons. The molecular formula is C12H13NO2. The summed E-state index contributed by atoms with van der Waals surface area (Å²) in [6, 6.07) is 7.70. The van der Waals surface area contributed by atoms with Crippen LogP contribution in [0.5, 0.6) is 0 Å². The number of rotatable bonds is 2. The van der Waals surface area contributed by atoms with E-state index in [9.17, 15) is 5.11 Å². The third-order valence-corrected chi connectivity index (χ3v) is 2.51. The highest BCUT2D eigenvalue weighted by Gasteiger charge is 2.18. The summed E-state index contributed by atoms with van der Waals surface area (Å²) < 4.78 is 5.17. The van der Waals surface area contributed by atoms with E-state index in [2.05, 4.69) is 4.98 Å². The summed E-state index contributed by atoms with van der Waals surface area (Å²) >= 11 is 0. The van der Waals surface area contributed by atoms with Crippen LogP contribution in [0.2, 0.25) is 0 Å². The molecule has 3 nitrogen and oxygen atoms in total. The molecule has 78 valence electrons. The second-order valence-corrected chi connectivity index (χ2v) is 3.56. The number of benzene rings is 1. The van der Waals surface area contributed by atoms with Crippen molar-refractivity contribution in [2.24, 2.45) is 0 Å². The lowest BCUT2D eigenvalue weighted by Crippen LogP contribution is -2.02. The monoisotopic (exact) mass is 203 g/mol. The molecule has 1 heterocycles. The normalized spacial score (nSPS) is 12.7. The van der Waals surface area contributed by atoms with Crippen LogP contribution >= 0.6 is 0 Å². The Kier molecular flexibility index (Phi) is 2.56. The zero-order chi connectivity index (χ0) is 10.8. The van der Waals surface area contributed by atoms with Crippen molar-refractivity contribution in [3.8, 4) is 0 Å². The van der Waals surface area contributed by atoms with Crippen LogP contribution in [-0.2, 0) is 0 Å². The van der Waals surface area contributed by atoms with Crippen LogP contribution in [0, 0.1) is 13.8 Å². The Bertz CT molecular complexity index is 462. The first-order chi connectivity index (χ1) is 7.20. The number of aliphatic hydroxyl groups is 1. The van der Waals surface area contributed by atoms with Crippen molar-refractivity contribution in [1.82, 2.24) is 4.98 Å². The number of aliphatic hydroxyl groups excluding tert-OH is 1. The molecule has 0 saturated carbocycles. The molecule has 1 aromatic heterocycles. The lowest BCUT2D eigenvalue weighted by atomic mass is 10.0. The molecule has 0 fully saturated rings. The fraction of sp³-hybridized carbons (Fsp3) is 0.250. The number of hydrogen-bond donors (Lipinski definition) is 1. The quantitative estimate of drug-likeness (QED) is 0.815. The topological polar surface area (TPSA) is 46.3 Å². The maximum Gasteiger partial charge on any atom is 0.181 e. The van der Waals surface area contributed by atoms with E-state index in [1.807, 2.05) is 38.1 Å². The molecule has 2 rings (SSSR count). The number of nitrogens with zero attached hydrogens (tertiary/aromatic N) is 1. The average molecular weight is 203 g/mol. The number of aryl methyl sites for hydroxylation is 2. The molecule has 1 N–H and O–H groups in total. The Hall–Kier alpha value is -1.61. The Morgan fingerprint density at radius 2 is 2.00 bits per heavy atom. The van der Waals surface area contributed by atoms with Crippen LogP contribution in [0.15, 0.2) is 35.1 Å². The van der Waals surface area contributed by atoms with E-state index in [0.29, 0.717) is 5.76 Å². The first kappa shape index (κ1) is 9.93. The molecule has 0 bridgehead atoms. The lowest BCUT2D eigenvalue weighted by Gasteiger charge is -2.11. The van der Waals surface area contributed by atoms with Gasteiger partial charge in [0.05, 0.1) is 5.69 Å². The van der Waals surface area contributed by atoms with Gasteiger partial charge in [0.1, 0.15) is 6.10 Å². The molecular weight excluding hydrogens is 190 g/mol. The summed E-state index contributed by atoms with van der Waals surface area (Å²) in [6.07, 6.45) is 0.625. The summed E-state index contributed by atoms with van der Waals surface area (Å²) in [6.45, 7) is 3.78. The predicted molar refractivity (Wildman–Crippen MR) is 56.5 cm³/mol. The Balaban J connectivity index is 2.41. The predicted octanol–water partition coefficient (Wildman–Crippen LogP) is 2.37. The second-order valence-electron chi connectivity index (χ2n) is 3.56. The largest absolute Gasteiger partial charge is 0.445 e.